The Balaban J connectivity index is 3.44. The van der Waals surface area contributed by atoms with Crippen LogP contribution in [0.5, 0.6) is 0 Å². The number of hydrogen-bond donors (Lipinski definition) is 0. The van der Waals surface area contributed by atoms with Crippen LogP contribution in [-0.2, 0) is 0 Å². The zero-order chi connectivity index (χ0) is 23.2. The van der Waals surface area contributed by atoms with Crippen LogP contribution in [0.25, 0.3) is 0 Å². The summed E-state index contributed by atoms with van der Waals surface area (Å²) in [4.78, 5) is 2.26. The van der Waals surface area contributed by atoms with Gasteiger partial charge in [0, 0.05) is 0 Å². The van der Waals surface area contributed by atoms with Crippen molar-refractivity contribution in [2.75, 3.05) is 20.6 Å². The molecule has 182 valence electrons. The fourth-order valence-corrected chi connectivity index (χ4v) is 4.26. The number of hydrogen-bond acceptors (Lipinski definition) is 1. The van der Waals surface area contributed by atoms with Gasteiger partial charge in [-0.3, -0.25) is 0 Å². The molecule has 0 N–H and O–H groups in total. The molecule has 0 saturated carbocycles. The van der Waals surface area contributed by atoms with Crippen molar-refractivity contribution in [1.82, 2.24) is 4.90 Å². The Morgan fingerprint density at radius 1 is 0.710 bits per heavy atom. The van der Waals surface area contributed by atoms with Gasteiger partial charge in [-0.1, -0.05) is 102 Å². The van der Waals surface area contributed by atoms with Gasteiger partial charge in [-0.25, -0.2) is 0 Å². The predicted octanol–water partition coefficient (Wildman–Crippen LogP) is 9.89. The Hall–Kier alpha value is -0.820. The number of unbranched alkanes of at least 4 members (excludes halogenated alkanes) is 9. The minimum Gasteiger partial charge on any atom is -0.309 e. The molecule has 0 saturated heterocycles. The van der Waals surface area contributed by atoms with Crippen LogP contribution in [0, 0.1) is 5.92 Å². The van der Waals surface area contributed by atoms with Crippen molar-refractivity contribution in [2.45, 2.75) is 129 Å². The summed E-state index contributed by atoms with van der Waals surface area (Å²) in [6.45, 7) is 14.5. The van der Waals surface area contributed by atoms with Gasteiger partial charge in [0.05, 0.1) is 0 Å². The first kappa shape index (κ1) is 30.2. The van der Waals surface area contributed by atoms with Crippen LogP contribution in [-0.4, -0.2) is 25.5 Å². The molecule has 1 unspecified atom stereocenters. The molecule has 0 aromatic heterocycles. The fourth-order valence-electron chi connectivity index (χ4n) is 4.26. The van der Waals surface area contributed by atoms with Crippen LogP contribution in [0.15, 0.2) is 36.5 Å². The molecule has 0 aliphatic heterocycles. The van der Waals surface area contributed by atoms with Crippen molar-refractivity contribution < 1.29 is 0 Å². The molecule has 0 aliphatic carbocycles. The van der Waals surface area contributed by atoms with Crippen molar-refractivity contribution in [3.8, 4) is 0 Å². The average molecular weight is 432 g/mol. The smallest absolute Gasteiger partial charge is 0.00218 e. The predicted molar refractivity (Wildman–Crippen MR) is 144 cm³/mol. The SMILES string of the molecule is C=C(CCC/C=C\CCCCCC)CCCCCCCC(C)CC(=C)CCCN(C)C. The number of nitrogens with zero attached hydrogens (tertiary/aromatic N) is 1. The Morgan fingerprint density at radius 2 is 1.29 bits per heavy atom. The van der Waals surface area contributed by atoms with Gasteiger partial charge in [0.1, 0.15) is 0 Å². The molecule has 0 radical (unpaired) electrons. The lowest BCUT2D eigenvalue weighted by Gasteiger charge is -2.14. The van der Waals surface area contributed by atoms with Crippen LogP contribution in [0.2, 0.25) is 0 Å². The van der Waals surface area contributed by atoms with E-state index in [4.69, 9.17) is 0 Å². The molecular formula is C30H57N. The largest absolute Gasteiger partial charge is 0.309 e. The van der Waals surface area contributed by atoms with Gasteiger partial charge >= 0.3 is 0 Å². The maximum Gasteiger partial charge on any atom is -0.00218 e. The van der Waals surface area contributed by atoms with E-state index in [1.54, 1.807) is 0 Å². The molecule has 0 fully saturated rings. The van der Waals surface area contributed by atoms with E-state index in [1.807, 2.05) is 0 Å². The standard InChI is InChI=1S/C30H57N/c1-7-8-9-10-11-12-13-15-18-22-28(2)23-19-16-14-17-20-24-29(3)27-30(4)25-21-26-31(5)6/h12-13,29H,2,4,7-11,14-27H2,1,3,5-6H3/b13-12-. The van der Waals surface area contributed by atoms with Crippen LogP contribution in [0.1, 0.15) is 129 Å². The summed E-state index contributed by atoms with van der Waals surface area (Å²) < 4.78 is 0. The Labute approximate surface area is 197 Å². The van der Waals surface area contributed by atoms with Gasteiger partial charge in [0.25, 0.3) is 0 Å². The van der Waals surface area contributed by atoms with Gasteiger partial charge in [-0.15, -0.1) is 0 Å². The van der Waals surface area contributed by atoms with Gasteiger partial charge in [0.2, 0.25) is 0 Å². The maximum absolute atomic E-state index is 4.30. The van der Waals surface area contributed by atoms with E-state index in [2.05, 4.69) is 58.2 Å². The van der Waals surface area contributed by atoms with E-state index in [0.717, 1.165) is 5.92 Å². The summed E-state index contributed by atoms with van der Waals surface area (Å²) >= 11 is 0. The zero-order valence-electron chi connectivity index (χ0n) is 22.0. The average Bonchev–Trinajstić information content (AvgIpc) is 2.71. The van der Waals surface area contributed by atoms with Crippen LogP contribution >= 0.6 is 0 Å². The van der Waals surface area contributed by atoms with Crippen molar-refractivity contribution in [2.24, 2.45) is 5.92 Å². The first-order valence-electron chi connectivity index (χ1n) is 13.6. The lowest BCUT2D eigenvalue weighted by Crippen LogP contribution is -2.13. The van der Waals surface area contributed by atoms with Crippen LogP contribution < -0.4 is 0 Å². The van der Waals surface area contributed by atoms with E-state index in [-0.39, 0.29) is 0 Å². The first-order valence-corrected chi connectivity index (χ1v) is 13.6. The minimum absolute atomic E-state index is 0.803. The van der Waals surface area contributed by atoms with Gasteiger partial charge in [0.15, 0.2) is 0 Å². The lowest BCUT2D eigenvalue weighted by molar-refractivity contribution is 0.396. The van der Waals surface area contributed by atoms with E-state index < -0.39 is 0 Å². The molecule has 0 amide bonds. The van der Waals surface area contributed by atoms with Gasteiger partial charge < -0.3 is 4.90 Å². The summed E-state index contributed by atoms with van der Waals surface area (Å²) in [5, 5.41) is 0. The molecule has 0 aliphatic rings. The third-order valence-corrected chi connectivity index (χ3v) is 6.29. The van der Waals surface area contributed by atoms with Gasteiger partial charge in [-0.2, -0.15) is 0 Å². The van der Waals surface area contributed by atoms with E-state index >= 15 is 0 Å². The molecule has 0 bridgehead atoms. The Kier molecular flexibility index (Phi) is 21.8. The number of allylic oxidation sites excluding steroid dienone is 4. The molecule has 31 heavy (non-hydrogen) atoms. The highest BCUT2D eigenvalue weighted by Gasteiger charge is 2.05. The zero-order valence-corrected chi connectivity index (χ0v) is 22.0. The Bertz CT molecular complexity index is 445. The molecule has 1 heteroatoms. The molecule has 0 rings (SSSR count). The van der Waals surface area contributed by atoms with Crippen molar-refractivity contribution in [1.29, 1.82) is 0 Å². The lowest BCUT2D eigenvalue weighted by atomic mass is 9.93. The topological polar surface area (TPSA) is 3.24 Å². The van der Waals surface area contributed by atoms with E-state index in [9.17, 15) is 0 Å². The molecule has 0 aromatic carbocycles. The Morgan fingerprint density at radius 3 is 2.00 bits per heavy atom. The second-order valence-electron chi connectivity index (χ2n) is 10.2. The molecular weight excluding hydrogens is 374 g/mol. The first-order chi connectivity index (χ1) is 15.0. The normalized spacial score (nSPS) is 12.7. The summed E-state index contributed by atoms with van der Waals surface area (Å²) in [6.07, 6.45) is 28.4. The van der Waals surface area contributed by atoms with E-state index in [0.29, 0.717) is 0 Å². The highest BCUT2D eigenvalue weighted by Crippen LogP contribution is 2.21. The monoisotopic (exact) mass is 431 g/mol. The second kappa shape index (κ2) is 22.4. The van der Waals surface area contributed by atoms with Crippen molar-refractivity contribution in [3.63, 3.8) is 0 Å². The summed E-state index contributed by atoms with van der Waals surface area (Å²) in [5.41, 5.74) is 2.92. The highest BCUT2D eigenvalue weighted by molar-refractivity contribution is 4.95. The molecule has 1 nitrogen and oxygen atoms in total. The second-order valence-corrected chi connectivity index (χ2v) is 10.2. The van der Waals surface area contributed by atoms with Crippen LogP contribution in [0.4, 0.5) is 0 Å². The molecule has 0 heterocycles. The van der Waals surface area contributed by atoms with Gasteiger partial charge in [-0.05, 0) is 90.8 Å². The highest BCUT2D eigenvalue weighted by atomic mass is 15.0. The molecule has 1 atom stereocenters. The summed E-state index contributed by atoms with van der Waals surface area (Å²) in [5.74, 6) is 0.803. The van der Waals surface area contributed by atoms with E-state index in [1.165, 1.54) is 133 Å². The van der Waals surface area contributed by atoms with Crippen molar-refractivity contribution in [3.05, 3.63) is 36.5 Å². The minimum atomic E-state index is 0.803. The fraction of sp³-hybridized carbons (Fsp3) is 0.800. The quantitative estimate of drug-likeness (QED) is 0.115. The third-order valence-electron chi connectivity index (χ3n) is 6.29. The third kappa shape index (κ3) is 23.7. The maximum atomic E-state index is 4.30. The van der Waals surface area contributed by atoms with Crippen LogP contribution in [0.3, 0.4) is 0 Å². The summed E-state index contributed by atoms with van der Waals surface area (Å²) in [7, 11) is 4.30. The molecule has 0 aromatic rings. The van der Waals surface area contributed by atoms with Crippen molar-refractivity contribution >= 4 is 0 Å². The molecule has 0 spiro atoms. The number of rotatable bonds is 23. The summed E-state index contributed by atoms with van der Waals surface area (Å²) in [6, 6.07) is 0.